The van der Waals surface area contributed by atoms with E-state index in [1.807, 2.05) is 6.92 Å². The lowest BCUT2D eigenvalue weighted by atomic mass is 10.1. The van der Waals surface area contributed by atoms with Crippen LogP contribution in [0.15, 0.2) is 22.8 Å². The van der Waals surface area contributed by atoms with Crippen molar-refractivity contribution in [3.8, 4) is 0 Å². The Morgan fingerprint density at radius 1 is 1.44 bits per heavy atom. The number of amides is 1. The van der Waals surface area contributed by atoms with Crippen LogP contribution in [0.4, 0.5) is 0 Å². The Morgan fingerprint density at radius 2 is 2.11 bits per heavy atom. The van der Waals surface area contributed by atoms with Gasteiger partial charge in [-0.1, -0.05) is 13.8 Å². The summed E-state index contributed by atoms with van der Waals surface area (Å²) in [6.45, 7) is 5.41. The van der Waals surface area contributed by atoms with Crippen LogP contribution in [0.5, 0.6) is 0 Å². The first-order valence-electron chi connectivity index (χ1n) is 5.92. The van der Waals surface area contributed by atoms with Crippen LogP contribution in [0.3, 0.4) is 0 Å². The van der Waals surface area contributed by atoms with Crippen LogP contribution in [-0.2, 0) is 9.59 Å². The van der Waals surface area contributed by atoms with Crippen LogP contribution >= 0.6 is 0 Å². The predicted molar refractivity (Wildman–Crippen MR) is 63.7 cm³/mol. The highest BCUT2D eigenvalue weighted by atomic mass is 16.4. The van der Waals surface area contributed by atoms with Gasteiger partial charge in [-0.3, -0.25) is 9.59 Å². The lowest BCUT2D eigenvalue weighted by Crippen LogP contribution is -2.29. The Labute approximate surface area is 105 Å². The van der Waals surface area contributed by atoms with Crippen molar-refractivity contribution in [2.75, 3.05) is 0 Å². The molecule has 1 unspecified atom stereocenters. The maximum Gasteiger partial charge on any atom is 0.307 e. The van der Waals surface area contributed by atoms with Crippen molar-refractivity contribution in [2.45, 2.75) is 26.8 Å². The first-order valence-corrected chi connectivity index (χ1v) is 5.92. The number of rotatable bonds is 4. The molecule has 1 saturated carbocycles. The zero-order chi connectivity index (χ0) is 13.5. The van der Waals surface area contributed by atoms with Crippen LogP contribution in [0.2, 0.25) is 0 Å². The first-order chi connectivity index (χ1) is 8.35. The molecule has 0 saturated heterocycles. The zero-order valence-electron chi connectivity index (χ0n) is 10.6. The Hall–Kier alpha value is -1.78. The van der Waals surface area contributed by atoms with Crippen molar-refractivity contribution >= 4 is 11.9 Å². The number of aliphatic carboxylic acids is 1. The first kappa shape index (κ1) is 12.7. The largest absolute Gasteiger partial charge is 0.481 e. The number of carbonyl (C=O) groups excluding carboxylic acids is 1. The highest BCUT2D eigenvalue weighted by Crippen LogP contribution is 2.58. The van der Waals surface area contributed by atoms with Crippen LogP contribution < -0.4 is 5.32 Å². The maximum atomic E-state index is 12.0. The molecule has 98 valence electrons. The fourth-order valence-electron chi connectivity index (χ4n) is 2.50. The average molecular weight is 251 g/mol. The number of hydrogen-bond donors (Lipinski definition) is 2. The molecule has 0 radical (unpaired) electrons. The predicted octanol–water partition coefficient (Wildman–Crippen LogP) is 1.81. The topological polar surface area (TPSA) is 79.5 Å². The lowest BCUT2D eigenvalue weighted by molar-refractivity contribution is -0.140. The molecule has 5 heteroatoms. The normalized spacial score (nSPS) is 26.4. The van der Waals surface area contributed by atoms with Gasteiger partial charge in [-0.25, -0.2) is 0 Å². The third-order valence-corrected chi connectivity index (χ3v) is 3.70. The summed E-state index contributed by atoms with van der Waals surface area (Å²) in [6, 6.07) is 3.27. The molecule has 2 N–H and O–H groups in total. The van der Waals surface area contributed by atoms with Gasteiger partial charge in [0, 0.05) is 0 Å². The van der Waals surface area contributed by atoms with E-state index in [4.69, 9.17) is 9.52 Å². The summed E-state index contributed by atoms with van der Waals surface area (Å²) < 4.78 is 5.19. The smallest absolute Gasteiger partial charge is 0.307 e. The van der Waals surface area contributed by atoms with E-state index in [2.05, 4.69) is 5.32 Å². The minimum absolute atomic E-state index is 0.226. The highest BCUT2D eigenvalue weighted by molar-refractivity contribution is 5.91. The summed E-state index contributed by atoms with van der Waals surface area (Å²) in [7, 11) is 0. The number of hydrogen-bond acceptors (Lipinski definition) is 3. The summed E-state index contributed by atoms with van der Waals surface area (Å²) in [6.07, 6.45) is 1.54. The van der Waals surface area contributed by atoms with E-state index in [1.165, 1.54) is 0 Å². The molecule has 0 bridgehead atoms. The van der Waals surface area contributed by atoms with Crippen molar-refractivity contribution in [3.63, 3.8) is 0 Å². The number of nitrogens with one attached hydrogen (secondary N) is 1. The highest BCUT2D eigenvalue weighted by Gasteiger charge is 2.65. The van der Waals surface area contributed by atoms with Gasteiger partial charge < -0.3 is 14.8 Å². The molecular weight excluding hydrogens is 234 g/mol. The van der Waals surface area contributed by atoms with Crippen molar-refractivity contribution in [1.82, 2.24) is 5.32 Å². The fraction of sp³-hybridized carbons (Fsp3) is 0.538. The molecule has 1 amide bonds. The van der Waals surface area contributed by atoms with Crippen molar-refractivity contribution in [1.29, 1.82) is 0 Å². The maximum absolute atomic E-state index is 12.0. The van der Waals surface area contributed by atoms with Gasteiger partial charge in [0.25, 0.3) is 0 Å². The number of carbonyl (C=O) groups is 2. The zero-order valence-corrected chi connectivity index (χ0v) is 10.6. The SMILES string of the molecule is CC(NC(=O)[C@H]1[C@@H](C(=O)O)C1(C)C)c1ccco1. The van der Waals surface area contributed by atoms with E-state index in [0.29, 0.717) is 5.76 Å². The minimum atomic E-state index is -0.911. The third-order valence-electron chi connectivity index (χ3n) is 3.70. The summed E-state index contributed by atoms with van der Waals surface area (Å²) in [5.41, 5.74) is -0.473. The molecule has 3 atom stereocenters. The molecule has 1 aromatic heterocycles. The summed E-state index contributed by atoms with van der Waals surface area (Å²) in [4.78, 5) is 23.0. The number of furan rings is 1. The van der Waals surface area contributed by atoms with Crippen LogP contribution in [0.25, 0.3) is 0 Å². The molecule has 18 heavy (non-hydrogen) atoms. The molecule has 1 fully saturated rings. The molecule has 0 spiro atoms. The standard InChI is InChI=1S/C13H17NO4/c1-7(8-5-4-6-18-8)14-11(15)9-10(12(16)17)13(9,2)3/h4-7,9-10H,1-3H3,(H,14,15)(H,16,17)/t7?,9-,10+/m1/s1. The van der Waals surface area contributed by atoms with Gasteiger partial charge >= 0.3 is 5.97 Å². The minimum Gasteiger partial charge on any atom is -0.481 e. The average Bonchev–Trinajstić information content (AvgIpc) is 2.67. The van der Waals surface area contributed by atoms with Gasteiger partial charge in [0.2, 0.25) is 5.91 Å². The van der Waals surface area contributed by atoms with Crippen molar-refractivity contribution < 1.29 is 19.1 Å². The summed E-state index contributed by atoms with van der Waals surface area (Å²) >= 11 is 0. The van der Waals surface area contributed by atoms with Gasteiger partial charge in [0.05, 0.1) is 24.1 Å². The second-order valence-electron chi connectivity index (χ2n) is 5.36. The molecule has 5 nitrogen and oxygen atoms in total. The number of carboxylic acids is 1. The van der Waals surface area contributed by atoms with Crippen LogP contribution in [0.1, 0.15) is 32.6 Å². The van der Waals surface area contributed by atoms with E-state index in [9.17, 15) is 9.59 Å². The van der Waals surface area contributed by atoms with E-state index in [0.717, 1.165) is 0 Å². The van der Waals surface area contributed by atoms with Gasteiger partial charge in [0.1, 0.15) is 5.76 Å². The molecule has 1 aromatic rings. The second kappa shape index (κ2) is 4.15. The Kier molecular flexibility index (Phi) is 2.92. The molecule has 1 aliphatic carbocycles. The van der Waals surface area contributed by atoms with Gasteiger partial charge in [-0.15, -0.1) is 0 Å². The van der Waals surface area contributed by atoms with E-state index in [1.54, 1.807) is 32.2 Å². The van der Waals surface area contributed by atoms with Crippen LogP contribution in [0, 0.1) is 17.3 Å². The van der Waals surface area contributed by atoms with Gasteiger partial charge in [0.15, 0.2) is 0 Å². The van der Waals surface area contributed by atoms with E-state index in [-0.39, 0.29) is 11.9 Å². The van der Waals surface area contributed by atoms with Crippen LogP contribution in [-0.4, -0.2) is 17.0 Å². The van der Waals surface area contributed by atoms with Crippen molar-refractivity contribution in [3.05, 3.63) is 24.2 Å². The molecule has 2 rings (SSSR count). The Balaban J connectivity index is 2.00. The van der Waals surface area contributed by atoms with Gasteiger partial charge in [-0.05, 0) is 24.5 Å². The quantitative estimate of drug-likeness (QED) is 0.855. The van der Waals surface area contributed by atoms with Gasteiger partial charge in [-0.2, -0.15) is 0 Å². The Morgan fingerprint density at radius 3 is 2.56 bits per heavy atom. The molecule has 0 aromatic carbocycles. The summed E-state index contributed by atoms with van der Waals surface area (Å²) in [5, 5.41) is 11.8. The summed E-state index contributed by atoms with van der Waals surface area (Å²) in [5.74, 6) is -1.54. The van der Waals surface area contributed by atoms with E-state index >= 15 is 0 Å². The molecule has 1 aliphatic rings. The van der Waals surface area contributed by atoms with E-state index < -0.39 is 23.2 Å². The molecular formula is C13H17NO4. The fourth-order valence-corrected chi connectivity index (χ4v) is 2.50. The molecule has 1 heterocycles. The van der Waals surface area contributed by atoms with Crippen molar-refractivity contribution in [2.24, 2.45) is 17.3 Å². The second-order valence-corrected chi connectivity index (χ2v) is 5.36. The third kappa shape index (κ3) is 2.00. The lowest BCUT2D eigenvalue weighted by Gasteiger charge is -2.11. The number of carboxylic acid groups (broad SMARTS) is 1. The molecule has 0 aliphatic heterocycles. The monoisotopic (exact) mass is 251 g/mol. The Bertz CT molecular complexity index is 463.